The average Bonchev–Trinajstić information content (AvgIpc) is 2.68. The molecule has 2 aromatic carbocycles. The molecular formula is C21H20BrNO6. The Hall–Kier alpha value is -2.74. The predicted molar refractivity (Wildman–Crippen MR) is 109 cm³/mol. The first kappa shape index (κ1) is 21.0. The van der Waals surface area contributed by atoms with E-state index in [0.29, 0.717) is 16.9 Å². The maximum atomic E-state index is 12.9. The van der Waals surface area contributed by atoms with Gasteiger partial charge in [0.05, 0.1) is 18.9 Å². The second-order valence-corrected chi connectivity index (χ2v) is 7.64. The third-order valence-electron chi connectivity index (χ3n) is 4.88. The maximum absolute atomic E-state index is 12.9. The molecule has 29 heavy (non-hydrogen) atoms. The highest BCUT2D eigenvalue weighted by atomic mass is 79.9. The van der Waals surface area contributed by atoms with Crippen molar-refractivity contribution in [3.63, 3.8) is 0 Å². The smallest absolute Gasteiger partial charge is 0.309 e. The lowest BCUT2D eigenvalue weighted by Gasteiger charge is -2.34. The largest absolute Gasteiger partial charge is 0.482 e. The van der Waals surface area contributed by atoms with E-state index in [1.807, 2.05) is 0 Å². The third-order valence-corrected chi connectivity index (χ3v) is 5.41. The van der Waals surface area contributed by atoms with Crippen LogP contribution < -0.4 is 4.74 Å². The topological polar surface area (TPSA) is 95.7 Å². The van der Waals surface area contributed by atoms with Crippen molar-refractivity contribution in [3.05, 3.63) is 74.2 Å². The SMILES string of the molecule is CCOC(=O)C[C@@H]1Oc2ccccc2[C@@H](CC(=O)c2ccc(Br)cc2)[C@@H]1[N+](=O)[O-]. The van der Waals surface area contributed by atoms with Gasteiger partial charge in [0.15, 0.2) is 11.9 Å². The van der Waals surface area contributed by atoms with Crippen LogP contribution in [-0.4, -0.2) is 35.4 Å². The van der Waals surface area contributed by atoms with Gasteiger partial charge >= 0.3 is 5.97 Å². The number of carbonyl (C=O) groups excluding carboxylic acids is 2. The summed E-state index contributed by atoms with van der Waals surface area (Å²) < 4.78 is 11.6. The zero-order chi connectivity index (χ0) is 21.0. The van der Waals surface area contributed by atoms with Gasteiger partial charge in [0, 0.05) is 26.9 Å². The standard InChI is InChI=1S/C21H20BrNO6/c1-2-28-20(25)12-19-21(23(26)27)16(15-5-3-4-6-18(15)29-19)11-17(24)13-7-9-14(22)10-8-13/h3-10,16,19,21H,2,11-12H2,1H3/t16-,19+,21+/m1/s1. The van der Waals surface area contributed by atoms with Crippen molar-refractivity contribution in [2.45, 2.75) is 37.8 Å². The maximum Gasteiger partial charge on any atom is 0.309 e. The van der Waals surface area contributed by atoms with Gasteiger partial charge in [-0.15, -0.1) is 0 Å². The molecule has 3 atom stereocenters. The fourth-order valence-electron chi connectivity index (χ4n) is 3.58. The Labute approximate surface area is 176 Å². The minimum atomic E-state index is -1.24. The predicted octanol–water partition coefficient (Wildman–Crippen LogP) is 4.17. The van der Waals surface area contributed by atoms with E-state index in [-0.39, 0.29) is 25.2 Å². The van der Waals surface area contributed by atoms with E-state index < -0.39 is 29.0 Å². The molecule has 0 saturated heterocycles. The molecule has 0 N–H and O–H groups in total. The van der Waals surface area contributed by atoms with Crippen molar-refractivity contribution < 1.29 is 24.0 Å². The summed E-state index contributed by atoms with van der Waals surface area (Å²) in [7, 11) is 0. The molecule has 0 aliphatic carbocycles. The van der Waals surface area contributed by atoms with Crippen LogP contribution in [0.25, 0.3) is 0 Å². The van der Waals surface area contributed by atoms with Gasteiger partial charge in [0.1, 0.15) is 5.75 Å². The van der Waals surface area contributed by atoms with Crippen molar-refractivity contribution in [2.24, 2.45) is 0 Å². The minimum Gasteiger partial charge on any atom is -0.482 e. The Morgan fingerprint density at radius 2 is 1.83 bits per heavy atom. The minimum absolute atomic E-state index is 0.0625. The number of rotatable bonds is 7. The molecule has 8 heteroatoms. The van der Waals surface area contributed by atoms with Gasteiger partial charge in [-0.2, -0.15) is 0 Å². The van der Waals surface area contributed by atoms with Crippen LogP contribution in [-0.2, 0) is 9.53 Å². The second-order valence-electron chi connectivity index (χ2n) is 6.72. The lowest BCUT2D eigenvalue weighted by atomic mass is 9.80. The number of esters is 1. The van der Waals surface area contributed by atoms with E-state index in [1.165, 1.54) is 0 Å². The summed E-state index contributed by atoms with van der Waals surface area (Å²) in [4.78, 5) is 36.3. The summed E-state index contributed by atoms with van der Waals surface area (Å²) in [6.45, 7) is 1.84. The van der Waals surface area contributed by atoms with Gasteiger partial charge < -0.3 is 9.47 Å². The second kappa shape index (κ2) is 9.17. The summed E-state index contributed by atoms with van der Waals surface area (Å²) in [5, 5.41) is 11.9. The van der Waals surface area contributed by atoms with Crippen LogP contribution in [0.1, 0.15) is 41.6 Å². The van der Waals surface area contributed by atoms with Crippen molar-refractivity contribution in [3.8, 4) is 5.75 Å². The molecule has 0 bridgehead atoms. The summed E-state index contributed by atoms with van der Waals surface area (Å²) in [5.74, 6) is -1.04. The Bertz CT molecular complexity index is 914. The Morgan fingerprint density at radius 3 is 2.48 bits per heavy atom. The van der Waals surface area contributed by atoms with Crippen LogP contribution in [0.5, 0.6) is 5.75 Å². The summed E-state index contributed by atoms with van der Waals surface area (Å²) in [6, 6.07) is 12.5. The highest BCUT2D eigenvalue weighted by Gasteiger charge is 2.48. The number of ketones is 1. The molecule has 1 aliphatic heterocycles. The van der Waals surface area contributed by atoms with Gasteiger partial charge in [-0.1, -0.05) is 46.3 Å². The van der Waals surface area contributed by atoms with Crippen molar-refractivity contribution in [1.82, 2.24) is 0 Å². The number of hydrogen-bond acceptors (Lipinski definition) is 6. The van der Waals surface area contributed by atoms with E-state index in [0.717, 1.165) is 4.47 Å². The number of halogens is 1. The van der Waals surface area contributed by atoms with Crippen LogP contribution >= 0.6 is 15.9 Å². The fraction of sp³-hybridized carbons (Fsp3) is 0.333. The van der Waals surface area contributed by atoms with Crippen LogP contribution in [0.4, 0.5) is 0 Å². The van der Waals surface area contributed by atoms with E-state index >= 15 is 0 Å². The molecule has 0 saturated carbocycles. The molecule has 0 unspecified atom stereocenters. The number of nitro groups is 1. The van der Waals surface area contributed by atoms with Gasteiger partial charge in [-0.3, -0.25) is 19.7 Å². The van der Waals surface area contributed by atoms with Crippen LogP contribution in [0.3, 0.4) is 0 Å². The molecule has 152 valence electrons. The molecular weight excluding hydrogens is 442 g/mol. The highest BCUT2D eigenvalue weighted by molar-refractivity contribution is 9.10. The highest BCUT2D eigenvalue weighted by Crippen LogP contribution is 2.41. The Morgan fingerprint density at radius 1 is 1.14 bits per heavy atom. The molecule has 3 rings (SSSR count). The Balaban J connectivity index is 1.94. The van der Waals surface area contributed by atoms with Gasteiger partial charge in [0.25, 0.3) is 6.04 Å². The number of carbonyl (C=O) groups is 2. The summed E-state index contributed by atoms with van der Waals surface area (Å²) in [5.41, 5.74) is 1.07. The zero-order valence-corrected chi connectivity index (χ0v) is 17.3. The number of hydrogen-bond donors (Lipinski definition) is 0. The zero-order valence-electron chi connectivity index (χ0n) is 15.7. The first-order chi connectivity index (χ1) is 13.9. The van der Waals surface area contributed by atoms with Crippen molar-refractivity contribution in [2.75, 3.05) is 6.61 Å². The Kier molecular flexibility index (Phi) is 6.64. The first-order valence-electron chi connectivity index (χ1n) is 9.24. The number of para-hydroxylation sites is 1. The van der Waals surface area contributed by atoms with E-state index in [1.54, 1.807) is 55.5 Å². The molecule has 0 aromatic heterocycles. The van der Waals surface area contributed by atoms with E-state index in [2.05, 4.69) is 15.9 Å². The quantitative estimate of drug-likeness (QED) is 0.265. The lowest BCUT2D eigenvalue weighted by molar-refractivity contribution is -0.538. The van der Waals surface area contributed by atoms with Crippen LogP contribution in [0.15, 0.2) is 53.0 Å². The molecule has 1 aliphatic rings. The number of benzene rings is 2. The van der Waals surface area contributed by atoms with Gasteiger partial charge in [-0.25, -0.2) is 0 Å². The number of Topliss-reactive ketones (excluding diaryl/α,β-unsaturated/α-hetero) is 1. The number of fused-ring (bicyclic) bond motifs is 1. The van der Waals surface area contributed by atoms with Crippen molar-refractivity contribution >= 4 is 27.7 Å². The van der Waals surface area contributed by atoms with Crippen LogP contribution in [0, 0.1) is 10.1 Å². The van der Waals surface area contributed by atoms with E-state index in [4.69, 9.17) is 9.47 Å². The summed E-state index contributed by atoms with van der Waals surface area (Å²) >= 11 is 3.33. The van der Waals surface area contributed by atoms with Crippen molar-refractivity contribution in [1.29, 1.82) is 0 Å². The van der Waals surface area contributed by atoms with Gasteiger partial charge in [0.2, 0.25) is 0 Å². The average molecular weight is 462 g/mol. The summed E-state index contributed by atoms with van der Waals surface area (Å²) in [6.07, 6.45) is -1.33. The fourth-order valence-corrected chi connectivity index (χ4v) is 3.85. The molecule has 7 nitrogen and oxygen atoms in total. The van der Waals surface area contributed by atoms with Crippen LogP contribution in [0.2, 0.25) is 0 Å². The van der Waals surface area contributed by atoms with Gasteiger partial charge in [-0.05, 0) is 25.1 Å². The third kappa shape index (κ3) is 4.82. The molecule has 2 aromatic rings. The monoisotopic (exact) mass is 461 g/mol. The number of nitrogens with zero attached hydrogens (tertiary/aromatic N) is 1. The number of ether oxygens (including phenoxy) is 2. The molecule has 0 amide bonds. The van der Waals surface area contributed by atoms with E-state index in [9.17, 15) is 19.7 Å². The molecule has 0 spiro atoms. The molecule has 0 radical (unpaired) electrons. The normalized spacial score (nSPS) is 20.3. The lowest BCUT2D eigenvalue weighted by Crippen LogP contribution is -2.47. The molecule has 1 heterocycles. The first-order valence-corrected chi connectivity index (χ1v) is 10.0. The molecule has 0 fully saturated rings.